The first-order valence-electron chi connectivity index (χ1n) is 9.96. The van der Waals surface area contributed by atoms with Crippen LogP contribution in [0, 0.1) is 5.92 Å². The van der Waals surface area contributed by atoms with E-state index in [1.54, 1.807) is 23.1 Å². The second-order valence-corrected chi connectivity index (χ2v) is 7.36. The first kappa shape index (κ1) is 19.8. The lowest BCUT2D eigenvalue weighted by Gasteiger charge is -2.31. The van der Waals surface area contributed by atoms with E-state index in [9.17, 15) is 14.4 Å². The van der Waals surface area contributed by atoms with Gasteiger partial charge in [-0.3, -0.25) is 14.4 Å². The fourth-order valence-electron chi connectivity index (χ4n) is 3.56. The van der Waals surface area contributed by atoms with Crippen LogP contribution >= 0.6 is 0 Å². The van der Waals surface area contributed by atoms with E-state index >= 15 is 0 Å². The Kier molecular flexibility index (Phi) is 5.83. The number of fused-ring (bicyclic) bond motifs is 1. The molecule has 3 aromatic rings. The van der Waals surface area contributed by atoms with Gasteiger partial charge in [0.05, 0.1) is 12.8 Å². The molecule has 30 heavy (non-hydrogen) atoms. The summed E-state index contributed by atoms with van der Waals surface area (Å²) in [5, 5.41) is 6.09. The molecule has 3 heterocycles. The van der Waals surface area contributed by atoms with Crippen LogP contribution in [0.5, 0.6) is 0 Å². The van der Waals surface area contributed by atoms with E-state index in [1.165, 1.54) is 6.26 Å². The maximum absolute atomic E-state index is 12.7. The van der Waals surface area contributed by atoms with Gasteiger partial charge in [0.15, 0.2) is 5.76 Å². The van der Waals surface area contributed by atoms with Crippen molar-refractivity contribution in [3.63, 3.8) is 0 Å². The number of carbonyl (C=O) groups excluding carboxylic acids is 3. The van der Waals surface area contributed by atoms with Crippen LogP contribution in [0.3, 0.4) is 0 Å². The number of nitrogens with zero attached hydrogens (tertiary/aromatic N) is 1. The van der Waals surface area contributed by atoms with Crippen molar-refractivity contribution in [3.05, 3.63) is 60.2 Å². The summed E-state index contributed by atoms with van der Waals surface area (Å²) in [5.74, 6) is -0.336. The Morgan fingerprint density at radius 3 is 2.50 bits per heavy atom. The van der Waals surface area contributed by atoms with Gasteiger partial charge in [-0.1, -0.05) is 18.2 Å². The number of hydrogen-bond donors (Lipinski definition) is 2. The summed E-state index contributed by atoms with van der Waals surface area (Å²) in [6.45, 7) is 1.74. The van der Waals surface area contributed by atoms with Gasteiger partial charge in [-0.25, -0.2) is 0 Å². The molecule has 156 valence electrons. The molecule has 0 atom stereocenters. The third kappa shape index (κ3) is 4.53. The van der Waals surface area contributed by atoms with E-state index in [4.69, 9.17) is 8.83 Å². The van der Waals surface area contributed by atoms with Crippen LogP contribution in [0.15, 0.2) is 57.6 Å². The van der Waals surface area contributed by atoms with Crippen molar-refractivity contribution in [1.82, 2.24) is 15.5 Å². The Hall–Kier alpha value is -3.55. The van der Waals surface area contributed by atoms with Gasteiger partial charge >= 0.3 is 11.8 Å². The molecule has 1 saturated heterocycles. The summed E-state index contributed by atoms with van der Waals surface area (Å²) in [6.07, 6.45) is 3.01. The lowest BCUT2D eigenvalue weighted by atomic mass is 9.96. The van der Waals surface area contributed by atoms with Crippen LogP contribution in [0.4, 0.5) is 0 Å². The maximum atomic E-state index is 12.7. The molecule has 3 amide bonds. The summed E-state index contributed by atoms with van der Waals surface area (Å²) in [5.41, 5.74) is 0.698. The van der Waals surface area contributed by atoms with Crippen molar-refractivity contribution in [2.24, 2.45) is 5.92 Å². The van der Waals surface area contributed by atoms with Gasteiger partial charge in [-0.15, -0.1) is 0 Å². The number of para-hydroxylation sites is 1. The molecule has 8 heteroatoms. The third-order valence-electron chi connectivity index (χ3n) is 5.30. The molecule has 0 saturated carbocycles. The molecule has 0 spiro atoms. The molecule has 1 aliphatic heterocycles. The summed E-state index contributed by atoms with van der Waals surface area (Å²) < 4.78 is 10.8. The molecule has 2 N–H and O–H groups in total. The van der Waals surface area contributed by atoms with Gasteiger partial charge in [0, 0.05) is 25.0 Å². The van der Waals surface area contributed by atoms with E-state index in [-0.39, 0.29) is 18.4 Å². The topological polar surface area (TPSA) is 105 Å². The molecular formula is C22H23N3O5. The van der Waals surface area contributed by atoms with Crippen LogP contribution in [0.2, 0.25) is 0 Å². The minimum absolute atomic E-state index is 0.119. The van der Waals surface area contributed by atoms with Gasteiger partial charge in [0.25, 0.3) is 5.91 Å². The molecule has 8 nitrogen and oxygen atoms in total. The summed E-state index contributed by atoms with van der Waals surface area (Å²) in [7, 11) is 0. The zero-order valence-electron chi connectivity index (χ0n) is 16.4. The second kappa shape index (κ2) is 8.86. The number of rotatable bonds is 5. The zero-order chi connectivity index (χ0) is 20.9. The highest BCUT2D eigenvalue weighted by Crippen LogP contribution is 2.23. The van der Waals surface area contributed by atoms with Crippen molar-refractivity contribution in [2.75, 3.05) is 19.6 Å². The SMILES string of the molecule is O=C(NCc1ccco1)C(=O)NCC1CCN(C(=O)c2cc3ccccc3o2)CC1. The molecule has 1 aliphatic rings. The molecule has 4 rings (SSSR count). The van der Waals surface area contributed by atoms with Crippen molar-refractivity contribution in [1.29, 1.82) is 0 Å². The highest BCUT2D eigenvalue weighted by molar-refractivity contribution is 6.35. The second-order valence-electron chi connectivity index (χ2n) is 7.36. The summed E-state index contributed by atoms with van der Waals surface area (Å²) >= 11 is 0. The molecule has 1 aromatic carbocycles. The predicted molar refractivity (Wildman–Crippen MR) is 108 cm³/mol. The van der Waals surface area contributed by atoms with E-state index in [1.807, 2.05) is 24.3 Å². The van der Waals surface area contributed by atoms with Gasteiger partial charge in [0.2, 0.25) is 0 Å². The standard InChI is InChI=1S/C22H23N3O5/c26-20(21(27)24-14-17-5-3-11-29-17)23-13-15-7-9-25(10-8-15)22(28)19-12-16-4-1-2-6-18(16)30-19/h1-6,11-12,15H,7-10,13-14H2,(H,23,26)(H,24,27). The van der Waals surface area contributed by atoms with Gasteiger partial charge in [-0.2, -0.15) is 0 Å². The van der Waals surface area contributed by atoms with Crippen LogP contribution in [-0.2, 0) is 16.1 Å². The van der Waals surface area contributed by atoms with Crippen molar-refractivity contribution in [3.8, 4) is 0 Å². The molecular weight excluding hydrogens is 386 g/mol. The predicted octanol–water partition coefficient (Wildman–Crippen LogP) is 2.31. The molecule has 0 bridgehead atoms. The largest absolute Gasteiger partial charge is 0.467 e. The Morgan fingerprint density at radius 2 is 1.77 bits per heavy atom. The highest BCUT2D eigenvalue weighted by Gasteiger charge is 2.26. The number of hydrogen-bond acceptors (Lipinski definition) is 5. The Bertz CT molecular complexity index is 999. The number of carbonyl (C=O) groups is 3. The van der Waals surface area contributed by atoms with E-state index < -0.39 is 11.8 Å². The Morgan fingerprint density at radius 1 is 1.00 bits per heavy atom. The Labute approximate surface area is 173 Å². The fourth-order valence-corrected chi connectivity index (χ4v) is 3.56. The minimum atomic E-state index is -0.691. The lowest BCUT2D eigenvalue weighted by molar-refractivity contribution is -0.139. The number of likely N-dealkylation sites (tertiary alicyclic amines) is 1. The Balaban J connectivity index is 1.21. The molecule has 0 unspecified atom stereocenters. The van der Waals surface area contributed by atoms with Crippen LogP contribution < -0.4 is 10.6 Å². The number of furan rings is 2. The maximum Gasteiger partial charge on any atom is 0.309 e. The highest BCUT2D eigenvalue weighted by atomic mass is 16.3. The monoisotopic (exact) mass is 409 g/mol. The van der Waals surface area contributed by atoms with E-state index in [2.05, 4.69) is 10.6 Å². The van der Waals surface area contributed by atoms with Crippen molar-refractivity contribution in [2.45, 2.75) is 19.4 Å². The first-order chi connectivity index (χ1) is 14.6. The van der Waals surface area contributed by atoms with E-state index in [0.717, 1.165) is 18.2 Å². The molecule has 1 fully saturated rings. The number of benzene rings is 1. The quantitative estimate of drug-likeness (QED) is 0.629. The van der Waals surface area contributed by atoms with E-state index in [0.29, 0.717) is 36.7 Å². The lowest BCUT2D eigenvalue weighted by Crippen LogP contribution is -2.44. The van der Waals surface area contributed by atoms with Gasteiger partial charge in [0.1, 0.15) is 11.3 Å². The molecule has 0 radical (unpaired) electrons. The zero-order valence-corrected chi connectivity index (χ0v) is 16.4. The van der Waals surface area contributed by atoms with Crippen LogP contribution in [0.25, 0.3) is 11.0 Å². The molecule has 2 aromatic heterocycles. The number of amides is 3. The third-order valence-corrected chi connectivity index (χ3v) is 5.30. The minimum Gasteiger partial charge on any atom is -0.467 e. The van der Waals surface area contributed by atoms with Crippen molar-refractivity contribution < 1.29 is 23.2 Å². The van der Waals surface area contributed by atoms with Crippen molar-refractivity contribution >= 4 is 28.7 Å². The number of piperidine rings is 1. The average Bonchev–Trinajstić information content (AvgIpc) is 3.45. The summed E-state index contributed by atoms with van der Waals surface area (Å²) in [4.78, 5) is 38.3. The number of nitrogens with one attached hydrogen (secondary N) is 2. The molecule has 0 aliphatic carbocycles. The smallest absolute Gasteiger partial charge is 0.309 e. The average molecular weight is 409 g/mol. The van der Waals surface area contributed by atoms with Gasteiger partial charge in [-0.05, 0) is 43.0 Å². The van der Waals surface area contributed by atoms with Crippen LogP contribution in [-0.4, -0.2) is 42.3 Å². The summed E-state index contributed by atoms with van der Waals surface area (Å²) in [6, 6.07) is 12.7. The van der Waals surface area contributed by atoms with Gasteiger partial charge < -0.3 is 24.4 Å². The normalized spacial score (nSPS) is 14.6. The first-order valence-corrected chi connectivity index (χ1v) is 9.96. The van der Waals surface area contributed by atoms with Crippen LogP contribution in [0.1, 0.15) is 29.2 Å². The fraction of sp³-hybridized carbons (Fsp3) is 0.318.